The molecule has 0 heterocycles. The van der Waals surface area contributed by atoms with Crippen molar-refractivity contribution in [1.29, 1.82) is 0 Å². The second-order valence-electron chi connectivity index (χ2n) is 2.24. The summed E-state index contributed by atoms with van der Waals surface area (Å²) >= 11 is 0. The standard InChI is InChI=1S/C8H10O.H4N2/c1-6-4-3-5-7(2)8(6)9;1-2/h3-5,9H,1-2H3;1-2H2. The number of nitrogens with two attached hydrogens (primary N) is 2. The molecular weight excluding hydrogens is 140 g/mol. The van der Waals surface area contributed by atoms with E-state index in [2.05, 4.69) is 11.7 Å². The Hall–Kier alpha value is -1.06. The summed E-state index contributed by atoms with van der Waals surface area (Å²) in [6.45, 7) is 3.78. The van der Waals surface area contributed by atoms with Crippen molar-refractivity contribution in [3.8, 4) is 5.75 Å². The summed E-state index contributed by atoms with van der Waals surface area (Å²) in [5.41, 5.74) is 1.88. The maximum absolute atomic E-state index is 9.21. The zero-order chi connectivity index (χ0) is 8.85. The predicted molar refractivity (Wildman–Crippen MR) is 46.0 cm³/mol. The lowest BCUT2D eigenvalue weighted by Gasteiger charge is -1.99. The minimum atomic E-state index is 0.414. The first kappa shape index (κ1) is 9.94. The molecule has 0 saturated carbocycles. The molecule has 3 nitrogen and oxygen atoms in total. The Morgan fingerprint density at radius 2 is 1.45 bits per heavy atom. The molecule has 0 fully saturated rings. The Morgan fingerprint density at radius 3 is 1.73 bits per heavy atom. The Balaban J connectivity index is 0.000000461. The molecular formula is C8H14N2O. The van der Waals surface area contributed by atoms with E-state index >= 15 is 0 Å². The fourth-order valence-corrected chi connectivity index (χ4v) is 0.806. The Bertz CT molecular complexity index is 203. The van der Waals surface area contributed by atoms with Crippen molar-refractivity contribution in [3.63, 3.8) is 0 Å². The predicted octanol–water partition coefficient (Wildman–Crippen LogP) is 0.828. The van der Waals surface area contributed by atoms with E-state index in [1.54, 1.807) is 0 Å². The van der Waals surface area contributed by atoms with Crippen LogP contribution in [0.25, 0.3) is 0 Å². The Kier molecular flexibility index (Phi) is 4.26. The molecule has 0 amide bonds. The summed E-state index contributed by atoms with van der Waals surface area (Å²) in [4.78, 5) is 0. The van der Waals surface area contributed by atoms with E-state index in [0.29, 0.717) is 5.75 Å². The van der Waals surface area contributed by atoms with E-state index in [1.165, 1.54) is 0 Å². The van der Waals surface area contributed by atoms with Gasteiger partial charge in [0, 0.05) is 0 Å². The van der Waals surface area contributed by atoms with Crippen LogP contribution in [0.15, 0.2) is 18.2 Å². The number of phenolic OH excluding ortho intramolecular Hbond substituents is 1. The third-order valence-corrected chi connectivity index (χ3v) is 1.44. The highest BCUT2D eigenvalue weighted by Gasteiger charge is 1.95. The number of hydrogen-bond donors (Lipinski definition) is 3. The molecule has 3 heteroatoms. The van der Waals surface area contributed by atoms with Crippen LogP contribution in [0.5, 0.6) is 5.75 Å². The SMILES string of the molecule is Cc1cccc(C)c1O.NN. The number of aryl methyl sites for hydroxylation is 2. The van der Waals surface area contributed by atoms with Gasteiger partial charge >= 0.3 is 0 Å². The number of para-hydroxylation sites is 1. The number of rotatable bonds is 0. The summed E-state index contributed by atoms with van der Waals surface area (Å²) in [5, 5.41) is 9.21. The molecule has 0 aromatic heterocycles. The van der Waals surface area contributed by atoms with Crippen LogP contribution in [-0.2, 0) is 0 Å². The average molecular weight is 154 g/mol. The van der Waals surface area contributed by atoms with Gasteiger partial charge in [0.1, 0.15) is 5.75 Å². The molecule has 1 aromatic rings. The lowest BCUT2D eigenvalue weighted by atomic mass is 10.1. The van der Waals surface area contributed by atoms with Crippen molar-refractivity contribution in [2.45, 2.75) is 13.8 Å². The van der Waals surface area contributed by atoms with Gasteiger partial charge in [-0.1, -0.05) is 18.2 Å². The summed E-state index contributed by atoms with van der Waals surface area (Å²) in [5.74, 6) is 8.41. The molecule has 0 radical (unpaired) electrons. The highest BCUT2D eigenvalue weighted by atomic mass is 16.3. The largest absolute Gasteiger partial charge is 0.507 e. The van der Waals surface area contributed by atoms with E-state index < -0.39 is 0 Å². The van der Waals surface area contributed by atoms with Gasteiger partial charge in [-0.15, -0.1) is 0 Å². The first-order valence-electron chi connectivity index (χ1n) is 3.30. The normalized spacial score (nSPS) is 8.36. The molecule has 0 saturated heterocycles. The third-order valence-electron chi connectivity index (χ3n) is 1.44. The maximum Gasteiger partial charge on any atom is 0.121 e. The number of phenols is 1. The van der Waals surface area contributed by atoms with Crippen LogP contribution in [0.3, 0.4) is 0 Å². The molecule has 5 N–H and O–H groups in total. The van der Waals surface area contributed by atoms with E-state index in [1.807, 2.05) is 32.0 Å². The highest BCUT2D eigenvalue weighted by molar-refractivity contribution is 5.37. The summed E-state index contributed by atoms with van der Waals surface area (Å²) in [6.07, 6.45) is 0. The number of hydrazine groups is 1. The molecule has 0 spiro atoms. The van der Waals surface area contributed by atoms with Gasteiger partial charge in [-0.2, -0.15) is 0 Å². The van der Waals surface area contributed by atoms with Crippen LogP contribution in [-0.4, -0.2) is 5.11 Å². The Morgan fingerprint density at radius 1 is 1.09 bits per heavy atom. The van der Waals surface area contributed by atoms with Gasteiger partial charge in [-0.05, 0) is 25.0 Å². The van der Waals surface area contributed by atoms with Gasteiger partial charge in [-0.25, -0.2) is 0 Å². The highest BCUT2D eigenvalue weighted by Crippen LogP contribution is 2.19. The maximum atomic E-state index is 9.21. The van der Waals surface area contributed by atoms with Crippen molar-refractivity contribution in [2.75, 3.05) is 0 Å². The topological polar surface area (TPSA) is 72.3 Å². The summed E-state index contributed by atoms with van der Waals surface area (Å²) < 4.78 is 0. The third kappa shape index (κ3) is 2.57. The first-order chi connectivity index (χ1) is 5.22. The van der Waals surface area contributed by atoms with Crippen LogP contribution >= 0.6 is 0 Å². The molecule has 0 bridgehead atoms. The fraction of sp³-hybridized carbons (Fsp3) is 0.250. The van der Waals surface area contributed by atoms with Crippen molar-refractivity contribution in [2.24, 2.45) is 11.7 Å². The molecule has 0 aliphatic heterocycles. The zero-order valence-electron chi connectivity index (χ0n) is 6.83. The molecule has 1 aromatic carbocycles. The van der Waals surface area contributed by atoms with Crippen LogP contribution in [0.1, 0.15) is 11.1 Å². The van der Waals surface area contributed by atoms with Crippen molar-refractivity contribution in [3.05, 3.63) is 29.3 Å². The fourth-order valence-electron chi connectivity index (χ4n) is 0.806. The lowest BCUT2D eigenvalue weighted by Crippen LogP contribution is -2.02. The van der Waals surface area contributed by atoms with Crippen molar-refractivity contribution < 1.29 is 5.11 Å². The molecule has 0 atom stereocenters. The molecule has 1 rings (SSSR count). The smallest absolute Gasteiger partial charge is 0.121 e. The number of aromatic hydroxyl groups is 1. The Labute approximate surface area is 66.6 Å². The van der Waals surface area contributed by atoms with Gasteiger partial charge in [-0.3, -0.25) is 11.7 Å². The van der Waals surface area contributed by atoms with Crippen LogP contribution in [0.2, 0.25) is 0 Å². The summed E-state index contributed by atoms with van der Waals surface area (Å²) in [7, 11) is 0. The molecule has 0 aliphatic rings. The monoisotopic (exact) mass is 154 g/mol. The van der Waals surface area contributed by atoms with E-state index in [9.17, 15) is 5.11 Å². The molecule has 0 unspecified atom stereocenters. The minimum Gasteiger partial charge on any atom is -0.507 e. The molecule has 11 heavy (non-hydrogen) atoms. The van der Waals surface area contributed by atoms with Gasteiger partial charge in [0.05, 0.1) is 0 Å². The second kappa shape index (κ2) is 4.71. The van der Waals surface area contributed by atoms with Crippen LogP contribution in [0, 0.1) is 13.8 Å². The van der Waals surface area contributed by atoms with E-state index in [0.717, 1.165) is 11.1 Å². The second-order valence-corrected chi connectivity index (χ2v) is 2.24. The first-order valence-corrected chi connectivity index (χ1v) is 3.30. The van der Waals surface area contributed by atoms with Crippen LogP contribution in [0.4, 0.5) is 0 Å². The van der Waals surface area contributed by atoms with Crippen molar-refractivity contribution >= 4 is 0 Å². The van der Waals surface area contributed by atoms with Crippen molar-refractivity contribution in [1.82, 2.24) is 0 Å². The van der Waals surface area contributed by atoms with E-state index in [4.69, 9.17) is 0 Å². The minimum absolute atomic E-state index is 0.414. The van der Waals surface area contributed by atoms with Gasteiger partial charge < -0.3 is 5.11 Å². The van der Waals surface area contributed by atoms with Gasteiger partial charge in [0.25, 0.3) is 0 Å². The lowest BCUT2D eigenvalue weighted by molar-refractivity contribution is 0.467. The number of benzene rings is 1. The molecule has 62 valence electrons. The van der Waals surface area contributed by atoms with Gasteiger partial charge in [0.15, 0.2) is 0 Å². The molecule has 0 aliphatic carbocycles. The quantitative estimate of drug-likeness (QED) is 0.383. The average Bonchev–Trinajstić information content (AvgIpc) is 2.04. The zero-order valence-corrected chi connectivity index (χ0v) is 6.83. The van der Waals surface area contributed by atoms with Crippen LogP contribution < -0.4 is 11.7 Å². The number of hydrogen-bond acceptors (Lipinski definition) is 3. The summed E-state index contributed by atoms with van der Waals surface area (Å²) in [6, 6.07) is 5.72. The van der Waals surface area contributed by atoms with E-state index in [-0.39, 0.29) is 0 Å². The van der Waals surface area contributed by atoms with Gasteiger partial charge in [0.2, 0.25) is 0 Å².